The first-order valence-electron chi connectivity index (χ1n) is 4.88. The molecule has 1 aromatic rings. The average Bonchev–Trinajstić information content (AvgIpc) is 2.20. The van der Waals surface area contributed by atoms with Crippen LogP contribution < -0.4 is 10.9 Å². The van der Waals surface area contributed by atoms with Crippen molar-refractivity contribution in [1.82, 2.24) is 9.88 Å². The van der Waals surface area contributed by atoms with Crippen LogP contribution >= 0.6 is 15.9 Å². The maximum Gasteiger partial charge on any atom is 0.250 e. The Kier molecular flexibility index (Phi) is 5.01. The molecule has 84 valence electrons. The molecular weight excluding hydrogens is 260 g/mol. The number of hydrogen-bond acceptors (Lipinski definition) is 3. The lowest BCUT2D eigenvalue weighted by Gasteiger charge is -2.12. The highest BCUT2D eigenvalue weighted by atomic mass is 79.9. The van der Waals surface area contributed by atoms with E-state index in [1.807, 2.05) is 6.92 Å². The van der Waals surface area contributed by atoms with Crippen LogP contribution in [-0.2, 0) is 6.54 Å². The summed E-state index contributed by atoms with van der Waals surface area (Å²) in [6, 6.07) is 3.17. The van der Waals surface area contributed by atoms with Crippen LogP contribution in [0.25, 0.3) is 0 Å². The number of rotatable bonds is 5. The van der Waals surface area contributed by atoms with Crippen LogP contribution in [0.15, 0.2) is 27.6 Å². The summed E-state index contributed by atoms with van der Waals surface area (Å²) in [5.74, 6) is 0. The van der Waals surface area contributed by atoms with E-state index in [9.17, 15) is 9.90 Å². The van der Waals surface area contributed by atoms with E-state index in [0.29, 0.717) is 13.1 Å². The lowest BCUT2D eigenvalue weighted by molar-refractivity contribution is 0.151. The second-order valence-corrected chi connectivity index (χ2v) is 4.22. The Morgan fingerprint density at radius 3 is 3.00 bits per heavy atom. The van der Waals surface area contributed by atoms with Crippen LogP contribution in [0.2, 0.25) is 0 Å². The summed E-state index contributed by atoms with van der Waals surface area (Å²) in [6.07, 6.45) is 1.13. The van der Waals surface area contributed by atoms with Gasteiger partial charge in [-0.1, -0.05) is 6.92 Å². The van der Waals surface area contributed by atoms with E-state index in [2.05, 4.69) is 21.2 Å². The summed E-state index contributed by atoms with van der Waals surface area (Å²) in [4.78, 5) is 11.4. The number of halogens is 1. The van der Waals surface area contributed by atoms with Gasteiger partial charge in [0.1, 0.15) is 0 Å². The van der Waals surface area contributed by atoms with Gasteiger partial charge in [-0.15, -0.1) is 0 Å². The van der Waals surface area contributed by atoms with Crippen LogP contribution in [0.4, 0.5) is 0 Å². The highest BCUT2D eigenvalue weighted by Gasteiger charge is 2.05. The molecule has 0 aliphatic carbocycles. The Labute approximate surface area is 97.1 Å². The number of pyridine rings is 1. The van der Waals surface area contributed by atoms with E-state index in [4.69, 9.17) is 0 Å². The number of nitrogens with one attached hydrogen (secondary N) is 1. The van der Waals surface area contributed by atoms with Gasteiger partial charge in [0.15, 0.2) is 0 Å². The topological polar surface area (TPSA) is 54.3 Å². The third-order valence-electron chi connectivity index (χ3n) is 1.98. The van der Waals surface area contributed by atoms with Crippen molar-refractivity contribution in [2.45, 2.75) is 19.6 Å². The first-order valence-corrected chi connectivity index (χ1v) is 5.67. The van der Waals surface area contributed by atoms with Gasteiger partial charge in [0.25, 0.3) is 5.56 Å². The lowest BCUT2D eigenvalue weighted by Crippen LogP contribution is -2.33. The molecule has 5 heteroatoms. The van der Waals surface area contributed by atoms with Gasteiger partial charge in [0, 0.05) is 23.3 Å². The Morgan fingerprint density at radius 1 is 1.60 bits per heavy atom. The third-order valence-corrected chi connectivity index (χ3v) is 2.45. The van der Waals surface area contributed by atoms with Crippen molar-refractivity contribution in [2.24, 2.45) is 0 Å². The zero-order chi connectivity index (χ0) is 11.3. The van der Waals surface area contributed by atoms with E-state index >= 15 is 0 Å². The molecule has 0 aromatic carbocycles. The van der Waals surface area contributed by atoms with E-state index in [1.165, 1.54) is 10.6 Å². The number of hydrogen-bond donors (Lipinski definition) is 2. The highest BCUT2D eigenvalue weighted by Crippen LogP contribution is 2.05. The predicted molar refractivity (Wildman–Crippen MR) is 63.0 cm³/mol. The molecule has 2 N–H and O–H groups in total. The van der Waals surface area contributed by atoms with E-state index < -0.39 is 6.10 Å². The molecule has 0 fully saturated rings. The monoisotopic (exact) mass is 274 g/mol. The van der Waals surface area contributed by atoms with Crippen LogP contribution in [0.3, 0.4) is 0 Å². The fraction of sp³-hybridized carbons (Fsp3) is 0.500. The molecule has 0 aliphatic heterocycles. The number of aliphatic hydroxyl groups excluding tert-OH is 1. The van der Waals surface area contributed by atoms with E-state index in [-0.39, 0.29) is 5.56 Å². The molecule has 1 aromatic heterocycles. The summed E-state index contributed by atoms with van der Waals surface area (Å²) < 4.78 is 2.32. The normalized spacial score (nSPS) is 12.7. The summed E-state index contributed by atoms with van der Waals surface area (Å²) in [5, 5.41) is 12.6. The van der Waals surface area contributed by atoms with Crippen molar-refractivity contribution in [2.75, 3.05) is 13.1 Å². The maximum absolute atomic E-state index is 11.4. The predicted octanol–water partition coefficient (Wildman–Crippen LogP) is 0.581. The smallest absolute Gasteiger partial charge is 0.250 e. The maximum atomic E-state index is 11.4. The van der Waals surface area contributed by atoms with Crippen LogP contribution in [-0.4, -0.2) is 28.9 Å². The molecule has 0 saturated carbocycles. The minimum atomic E-state index is -0.544. The van der Waals surface area contributed by atoms with E-state index in [1.54, 1.807) is 12.3 Å². The molecule has 15 heavy (non-hydrogen) atoms. The van der Waals surface area contributed by atoms with Crippen LogP contribution in [0, 0.1) is 0 Å². The second-order valence-electron chi connectivity index (χ2n) is 3.30. The lowest BCUT2D eigenvalue weighted by atomic mass is 10.3. The Morgan fingerprint density at radius 2 is 2.33 bits per heavy atom. The van der Waals surface area contributed by atoms with Gasteiger partial charge in [-0.3, -0.25) is 4.79 Å². The van der Waals surface area contributed by atoms with Gasteiger partial charge in [0.2, 0.25) is 0 Å². The molecule has 0 radical (unpaired) electrons. The molecule has 0 bridgehead atoms. The molecule has 1 heterocycles. The summed E-state index contributed by atoms with van der Waals surface area (Å²) in [7, 11) is 0. The Balaban J connectivity index is 2.63. The van der Waals surface area contributed by atoms with Crippen molar-refractivity contribution < 1.29 is 5.11 Å². The van der Waals surface area contributed by atoms with Gasteiger partial charge in [-0.2, -0.15) is 0 Å². The van der Waals surface area contributed by atoms with Gasteiger partial charge in [-0.05, 0) is 28.5 Å². The van der Waals surface area contributed by atoms with Crippen molar-refractivity contribution >= 4 is 15.9 Å². The summed E-state index contributed by atoms with van der Waals surface area (Å²) >= 11 is 3.28. The van der Waals surface area contributed by atoms with Crippen molar-refractivity contribution in [3.63, 3.8) is 0 Å². The molecule has 0 spiro atoms. The number of aliphatic hydroxyl groups is 1. The van der Waals surface area contributed by atoms with Crippen molar-refractivity contribution in [1.29, 1.82) is 0 Å². The van der Waals surface area contributed by atoms with Crippen LogP contribution in [0.1, 0.15) is 6.92 Å². The zero-order valence-corrected chi connectivity index (χ0v) is 10.2. The molecule has 4 nitrogen and oxygen atoms in total. The van der Waals surface area contributed by atoms with Crippen LogP contribution in [0.5, 0.6) is 0 Å². The SMILES string of the molecule is CCNCC(O)Cn1cc(Br)ccc1=O. The standard InChI is InChI=1S/C10H15BrN2O2/c1-2-12-5-9(14)7-13-6-8(11)3-4-10(13)15/h3-4,6,9,12,14H,2,5,7H2,1H3. The molecule has 0 saturated heterocycles. The Bertz CT molecular complexity index is 365. The second kappa shape index (κ2) is 6.05. The fourth-order valence-corrected chi connectivity index (χ4v) is 1.63. The highest BCUT2D eigenvalue weighted by molar-refractivity contribution is 9.10. The molecule has 0 aliphatic rings. The molecule has 1 atom stereocenters. The summed E-state index contributed by atoms with van der Waals surface area (Å²) in [5.41, 5.74) is -0.103. The zero-order valence-electron chi connectivity index (χ0n) is 8.61. The van der Waals surface area contributed by atoms with Crippen molar-refractivity contribution in [3.8, 4) is 0 Å². The van der Waals surface area contributed by atoms with Gasteiger partial charge in [-0.25, -0.2) is 0 Å². The average molecular weight is 275 g/mol. The minimum absolute atomic E-state index is 0.103. The number of likely N-dealkylation sites (N-methyl/N-ethyl adjacent to an activating group) is 1. The third kappa shape index (κ3) is 4.15. The first kappa shape index (κ1) is 12.4. The molecular formula is C10H15BrN2O2. The minimum Gasteiger partial charge on any atom is -0.390 e. The molecule has 1 rings (SSSR count). The summed E-state index contributed by atoms with van der Waals surface area (Å²) in [6.45, 7) is 3.59. The largest absolute Gasteiger partial charge is 0.390 e. The van der Waals surface area contributed by atoms with Gasteiger partial charge < -0.3 is 15.0 Å². The Hall–Kier alpha value is -0.650. The quantitative estimate of drug-likeness (QED) is 0.826. The molecule has 1 unspecified atom stereocenters. The fourth-order valence-electron chi connectivity index (χ4n) is 1.25. The first-order chi connectivity index (χ1) is 7.13. The van der Waals surface area contributed by atoms with Gasteiger partial charge >= 0.3 is 0 Å². The molecule has 0 amide bonds. The van der Waals surface area contributed by atoms with Crippen molar-refractivity contribution in [3.05, 3.63) is 33.2 Å². The van der Waals surface area contributed by atoms with E-state index in [0.717, 1.165) is 11.0 Å². The number of nitrogens with zero attached hydrogens (tertiary/aromatic N) is 1. The number of aromatic nitrogens is 1. The van der Waals surface area contributed by atoms with Gasteiger partial charge in [0.05, 0.1) is 12.6 Å².